The number of hydrogen-bond donors (Lipinski definition) is 0. The molecule has 4 rings (SSSR count). The predicted octanol–water partition coefficient (Wildman–Crippen LogP) is 9.63. The molecule has 35 heavy (non-hydrogen) atoms. The fourth-order valence-electron chi connectivity index (χ4n) is 6.11. The number of unbranched alkanes of at least 4 members (excludes halogenated alkanes) is 4. The van der Waals surface area contributed by atoms with Gasteiger partial charge in [0.2, 0.25) is 0 Å². The highest BCUT2D eigenvalue weighted by atomic mass is 19.4. The van der Waals surface area contributed by atoms with Crippen molar-refractivity contribution in [3.63, 3.8) is 0 Å². The van der Waals surface area contributed by atoms with Crippen molar-refractivity contribution in [2.45, 2.75) is 109 Å². The Kier molecular flexibility index (Phi) is 8.77. The topological polar surface area (TPSA) is 9.23 Å². The molecule has 1 fully saturated rings. The van der Waals surface area contributed by atoms with Gasteiger partial charge in [-0.25, -0.2) is 4.39 Å². The average Bonchev–Trinajstić information content (AvgIpc) is 2.84. The third-order valence-corrected chi connectivity index (χ3v) is 8.15. The maximum atomic E-state index is 14.2. The van der Waals surface area contributed by atoms with E-state index in [0.29, 0.717) is 18.8 Å². The summed E-state index contributed by atoms with van der Waals surface area (Å²) >= 11 is 0. The lowest BCUT2D eigenvalue weighted by atomic mass is 9.76. The lowest BCUT2D eigenvalue weighted by Crippen LogP contribution is -2.19. The van der Waals surface area contributed by atoms with Crippen LogP contribution >= 0.6 is 0 Å². The van der Waals surface area contributed by atoms with Gasteiger partial charge in [0.25, 0.3) is 0 Å². The first-order chi connectivity index (χ1) is 16.8. The largest absolute Gasteiger partial charge is 0.573 e. The van der Waals surface area contributed by atoms with Crippen molar-refractivity contribution in [2.24, 2.45) is 5.92 Å². The first-order valence-corrected chi connectivity index (χ1v) is 13.5. The van der Waals surface area contributed by atoms with E-state index in [9.17, 15) is 17.6 Å². The summed E-state index contributed by atoms with van der Waals surface area (Å²) in [7, 11) is 0. The number of benzene rings is 2. The van der Waals surface area contributed by atoms with Gasteiger partial charge in [-0.3, -0.25) is 0 Å². The molecule has 0 amide bonds. The highest BCUT2D eigenvalue weighted by molar-refractivity contribution is 5.41. The predicted molar refractivity (Wildman–Crippen MR) is 132 cm³/mol. The van der Waals surface area contributed by atoms with Crippen LogP contribution in [0.25, 0.3) is 0 Å². The summed E-state index contributed by atoms with van der Waals surface area (Å²) in [5.74, 6) is 0.123. The Hall–Kier alpha value is -2.04. The van der Waals surface area contributed by atoms with Crippen LogP contribution < -0.4 is 4.74 Å². The van der Waals surface area contributed by atoms with Crippen molar-refractivity contribution in [3.8, 4) is 5.75 Å². The number of ether oxygens (including phenoxy) is 1. The average molecular weight is 491 g/mol. The summed E-state index contributed by atoms with van der Waals surface area (Å²) in [6.07, 6.45) is 10.7. The summed E-state index contributed by atoms with van der Waals surface area (Å²) in [4.78, 5) is 0. The second-order valence-corrected chi connectivity index (χ2v) is 10.6. The molecule has 2 aromatic carbocycles. The van der Waals surface area contributed by atoms with Crippen molar-refractivity contribution in [2.75, 3.05) is 0 Å². The van der Waals surface area contributed by atoms with Crippen molar-refractivity contribution in [1.29, 1.82) is 0 Å². The molecule has 192 valence electrons. The Morgan fingerprint density at radius 1 is 0.800 bits per heavy atom. The first-order valence-electron chi connectivity index (χ1n) is 13.5. The van der Waals surface area contributed by atoms with Gasteiger partial charge in [0.1, 0.15) is 0 Å². The van der Waals surface area contributed by atoms with E-state index in [1.807, 2.05) is 0 Å². The highest BCUT2D eigenvalue weighted by Crippen LogP contribution is 2.40. The van der Waals surface area contributed by atoms with Crippen LogP contribution in [-0.2, 0) is 12.8 Å². The second kappa shape index (κ2) is 11.8. The van der Waals surface area contributed by atoms with E-state index in [2.05, 4.69) is 35.9 Å². The van der Waals surface area contributed by atoms with Gasteiger partial charge in [-0.15, -0.1) is 13.2 Å². The lowest BCUT2D eigenvalue weighted by molar-refractivity contribution is -0.275. The molecule has 0 radical (unpaired) electrons. The van der Waals surface area contributed by atoms with Crippen LogP contribution in [0.4, 0.5) is 17.6 Å². The molecule has 5 heteroatoms. The third kappa shape index (κ3) is 7.24. The maximum Gasteiger partial charge on any atom is 0.573 e. The minimum atomic E-state index is -4.89. The van der Waals surface area contributed by atoms with Gasteiger partial charge in [-0.05, 0) is 97.1 Å². The van der Waals surface area contributed by atoms with E-state index >= 15 is 0 Å². The van der Waals surface area contributed by atoms with E-state index < -0.39 is 17.9 Å². The Bertz CT molecular complexity index is 942. The van der Waals surface area contributed by atoms with Gasteiger partial charge in [0, 0.05) is 0 Å². The molecular formula is C30H38F4O. The van der Waals surface area contributed by atoms with Crippen LogP contribution in [0, 0.1) is 11.7 Å². The number of aryl methyl sites for hydroxylation is 1. The van der Waals surface area contributed by atoms with E-state index in [4.69, 9.17) is 0 Å². The maximum absolute atomic E-state index is 14.2. The van der Waals surface area contributed by atoms with Crippen LogP contribution in [0.15, 0.2) is 36.4 Å². The van der Waals surface area contributed by atoms with E-state index in [-0.39, 0.29) is 5.92 Å². The van der Waals surface area contributed by atoms with Gasteiger partial charge in [0.05, 0.1) is 0 Å². The van der Waals surface area contributed by atoms with Crippen molar-refractivity contribution >= 4 is 0 Å². The lowest BCUT2D eigenvalue weighted by Gasteiger charge is -2.29. The summed E-state index contributed by atoms with van der Waals surface area (Å²) in [6, 6.07) is 11.4. The van der Waals surface area contributed by atoms with E-state index in [1.165, 1.54) is 87.5 Å². The normalized spacial score (nSPS) is 22.6. The molecule has 0 aromatic heterocycles. The highest BCUT2D eigenvalue weighted by Gasteiger charge is 2.33. The van der Waals surface area contributed by atoms with Crippen LogP contribution in [0.3, 0.4) is 0 Å². The zero-order chi connectivity index (χ0) is 24.8. The fraction of sp³-hybridized carbons (Fsp3) is 0.600. The number of hydrogen-bond acceptors (Lipinski definition) is 1. The first kappa shape index (κ1) is 26.0. The molecule has 0 heterocycles. The summed E-state index contributed by atoms with van der Waals surface area (Å²) in [6.45, 7) is 2.26. The second-order valence-electron chi connectivity index (χ2n) is 10.6. The summed E-state index contributed by atoms with van der Waals surface area (Å²) in [5.41, 5.74) is 4.19. The quantitative estimate of drug-likeness (QED) is 0.251. The van der Waals surface area contributed by atoms with Gasteiger partial charge in [-0.1, -0.05) is 69.7 Å². The Morgan fingerprint density at radius 2 is 1.46 bits per heavy atom. The zero-order valence-corrected chi connectivity index (χ0v) is 20.8. The molecule has 1 saturated carbocycles. The minimum Gasteiger partial charge on any atom is -0.403 e. The van der Waals surface area contributed by atoms with E-state index in [1.54, 1.807) is 0 Å². The van der Waals surface area contributed by atoms with Crippen molar-refractivity contribution in [1.82, 2.24) is 0 Å². The molecule has 0 N–H and O–H groups in total. The molecule has 0 spiro atoms. The standard InChI is InChI=1S/C30H38F4O/c1-2-3-4-5-6-7-21-8-10-22(11-9-21)23-12-14-24(15-13-23)25-16-17-26-20-29(35-30(32,33)34)28(31)19-27(26)18-25/h12-15,19-22,25H,2-11,16-18H2,1H3. The Morgan fingerprint density at radius 3 is 2.11 bits per heavy atom. The van der Waals surface area contributed by atoms with Gasteiger partial charge < -0.3 is 4.74 Å². The van der Waals surface area contributed by atoms with Crippen molar-refractivity contribution < 1.29 is 22.3 Å². The number of fused-ring (bicyclic) bond motifs is 1. The smallest absolute Gasteiger partial charge is 0.403 e. The number of halogens is 4. The monoisotopic (exact) mass is 490 g/mol. The third-order valence-electron chi connectivity index (χ3n) is 8.15. The minimum absolute atomic E-state index is 0.258. The molecule has 0 aliphatic heterocycles. The van der Waals surface area contributed by atoms with Gasteiger partial charge in [-0.2, -0.15) is 0 Å². The zero-order valence-electron chi connectivity index (χ0n) is 20.8. The molecule has 1 atom stereocenters. The SMILES string of the molecule is CCCCCCCC1CCC(c2ccc(C3CCc4cc(OC(F)(F)F)c(F)cc4C3)cc2)CC1. The molecular weight excluding hydrogens is 452 g/mol. The summed E-state index contributed by atoms with van der Waals surface area (Å²) < 4.78 is 55.6. The molecule has 2 aliphatic carbocycles. The Labute approximate surface area is 207 Å². The molecule has 0 saturated heterocycles. The van der Waals surface area contributed by atoms with Crippen molar-refractivity contribution in [3.05, 3.63) is 64.5 Å². The number of alkyl halides is 3. The summed E-state index contributed by atoms with van der Waals surface area (Å²) in [5, 5.41) is 0. The van der Waals surface area contributed by atoms with Crippen LogP contribution in [0.1, 0.15) is 112 Å². The van der Waals surface area contributed by atoms with E-state index in [0.717, 1.165) is 23.5 Å². The number of rotatable bonds is 9. The molecule has 1 unspecified atom stereocenters. The van der Waals surface area contributed by atoms with Crippen LogP contribution in [0.5, 0.6) is 5.75 Å². The molecule has 2 aromatic rings. The molecule has 2 aliphatic rings. The van der Waals surface area contributed by atoms with Gasteiger partial charge >= 0.3 is 6.36 Å². The van der Waals surface area contributed by atoms with Crippen LogP contribution in [-0.4, -0.2) is 6.36 Å². The van der Waals surface area contributed by atoms with Crippen LogP contribution in [0.2, 0.25) is 0 Å². The Balaban J connectivity index is 1.30. The molecule has 0 bridgehead atoms. The fourth-order valence-corrected chi connectivity index (χ4v) is 6.11. The van der Waals surface area contributed by atoms with Gasteiger partial charge in [0.15, 0.2) is 11.6 Å². The molecule has 1 nitrogen and oxygen atoms in total.